The summed E-state index contributed by atoms with van der Waals surface area (Å²) in [6.07, 6.45) is 0.531. The normalized spacial score (nSPS) is 13.2. The Morgan fingerprint density at radius 2 is 2.00 bits per heavy atom. The summed E-state index contributed by atoms with van der Waals surface area (Å²) in [5.74, 6) is 1.65. The van der Waals surface area contributed by atoms with Crippen molar-refractivity contribution >= 4 is 0 Å². The van der Waals surface area contributed by atoms with Gasteiger partial charge in [0.2, 0.25) is 0 Å². The summed E-state index contributed by atoms with van der Waals surface area (Å²) >= 11 is 0. The molecule has 0 saturated heterocycles. The van der Waals surface area contributed by atoms with E-state index >= 15 is 0 Å². The maximum atomic E-state index is 8.45. The van der Waals surface area contributed by atoms with Crippen LogP contribution < -0.4 is 14.8 Å². The zero-order valence-corrected chi connectivity index (χ0v) is 9.95. The van der Waals surface area contributed by atoms with Gasteiger partial charge >= 0.3 is 0 Å². The molecule has 4 nitrogen and oxygen atoms in total. The molecule has 17 heavy (non-hydrogen) atoms. The molecule has 4 heteroatoms. The average molecular weight is 232 g/mol. The number of rotatable bonds is 4. The van der Waals surface area contributed by atoms with Crippen LogP contribution in [0.2, 0.25) is 0 Å². The van der Waals surface area contributed by atoms with Gasteiger partial charge in [0.1, 0.15) is 13.2 Å². The van der Waals surface area contributed by atoms with Crippen LogP contribution in [0.5, 0.6) is 11.5 Å². The van der Waals surface area contributed by atoms with Crippen molar-refractivity contribution in [2.45, 2.75) is 19.9 Å². The Hall–Kier alpha value is -1.73. The molecule has 1 aliphatic heterocycles. The number of ether oxygens (including phenoxy) is 2. The highest BCUT2D eigenvalue weighted by Gasteiger charge is 2.13. The number of nitrogens with one attached hydrogen (secondary N) is 1. The van der Waals surface area contributed by atoms with Crippen LogP contribution in [0.4, 0.5) is 0 Å². The number of benzene rings is 1. The van der Waals surface area contributed by atoms with Crippen LogP contribution >= 0.6 is 0 Å². The maximum absolute atomic E-state index is 8.45. The van der Waals surface area contributed by atoms with Crippen LogP contribution in [-0.2, 0) is 6.54 Å². The second-order valence-electron chi connectivity index (χ2n) is 4.01. The third-order valence-electron chi connectivity index (χ3n) is 2.73. The average Bonchev–Trinajstić information content (AvgIpc) is 2.35. The predicted octanol–water partition coefficient (Wildman–Crippen LogP) is 1.77. The number of fused-ring (bicyclic) bond motifs is 1. The summed E-state index contributed by atoms with van der Waals surface area (Å²) in [6, 6.07) is 6.14. The fourth-order valence-electron chi connectivity index (χ4n) is 1.79. The summed E-state index contributed by atoms with van der Waals surface area (Å²) in [7, 11) is 0. The van der Waals surface area contributed by atoms with Crippen molar-refractivity contribution in [2.75, 3.05) is 19.8 Å². The molecule has 1 aromatic carbocycles. The van der Waals surface area contributed by atoms with E-state index in [-0.39, 0.29) is 0 Å². The van der Waals surface area contributed by atoms with Gasteiger partial charge in [-0.1, -0.05) is 0 Å². The van der Waals surface area contributed by atoms with Gasteiger partial charge < -0.3 is 14.8 Å². The standard InChI is InChI=1S/C13H16N2O2/c1-10-7-12-13(17-6-5-16-12)8-11(10)9-15-4-2-3-14/h7-8,15H,2,4-6,9H2,1H3. The third kappa shape index (κ3) is 2.89. The van der Waals surface area contributed by atoms with Crippen molar-refractivity contribution in [3.05, 3.63) is 23.3 Å². The highest BCUT2D eigenvalue weighted by atomic mass is 16.6. The van der Waals surface area contributed by atoms with E-state index in [1.54, 1.807) is 0 Å². The predicted molar refractivity (Wildman–Crippen MR) is 64.1 cm³/mol. The minimum absolute atomic E-state index is 0.531. The number of hydrogen-bond acceptors (Lipinski definition) is 4. The third-order valence-corrected chi connectivity index (χ3v) is 2.73. The van der Waals surface area contributed by atoms with Crippen molar-refractivity contribution in [1.82, 2.24) is 5.32 Å². The molecule has 0 atom stereocenters. The second kappa shape index (κ2) is 5.55. The first-order valence-electron chi connectivity index (χ1n) is 5.78. The van der Waals surface area contributed by atoms with E-state index < -0.39 is 0 Å². The van der Waals surface area contributed by atoms with Gasteiger partial charge in [0.15, 0.2) is 11.5 Å². The fraction of sp³-hybridized carbons (Fsp3) is 0.462. The quantitative estimate of drug-likeness (QED) is 0.804. The molecule has 1 N–H and O–H groups in total. The van der Waals surface area contributed by atoms with Gasteiger partial charge in [-0.15, -0.1) is 0 Å². The molecule has 1 aromatic rings. The lowest BCUT2D eigenvalue weighted by molar-refractivity contribution is 0.171. The summed E-state index contributed by atoms with van der Waals surface area (Å²) in [6.45, 7) is 4.75. The molecule has 0 saturated carbocycles. The smallest absolute Gasteiger partial charge is 0.161 e. The molecule has 0 bridgehead atoms. The number of nitriles is 1. The van der Waals surface area contributed by atoms with E-state index in [4.69, 9.17) is 14.7 Å². The Balaban J connectivity index is 2.04. The summed E-state index contributed by atoms with van der Waals surface area (Å²) in [5.41, 5.74) is 2.37. The van der Waals surface area contributed by atoms with Crippen LogP contribution in [0.3, 0.4) is 0 Å². The fourth-order valence-corrected chi connectivity index (χ4v) is 1.79. The van der Waals surface area contributed by atoms with Crippen molar-refractivity contribution in [3.8, 4) is 17.6 Å². The zero-order valence-electron chi connectivity index (χ0n) is 9.95. The van der Waals surface area contributed by atoms with E-state index in [1.807, 2.05) is 12.1 Å². The minimum Gasteiger partial charge on any atom is -0.486 e. The lowest BCUT2D eigenvalue weighted by Gasteiger charge is -2.20. The monoisotopic (exact) mass is 232 g/mol. The van der Waals surface area contributed by atoms with Crippen LogP contribution in [0.1, 0.15) is 17.5 Å². The van der Waals surface area contributed by atoms with Crippen LogP contribution in [-0.4, -0.2) is 19.8 Å². The molecule has 0 amide bonds. The number of hydrogen-bond donors (Lipinski definition) is 1. The molecular formula is C13H16N2O2. The molecular weight excluding hydrogens is 216 g/mol. The topological polar surface area (TPSA) is 54.3 Å². The molecule has 0 spiro atoms. The van der Waals surface area contributed by atoms with E-state index in [2.05, 4.69) is 18.3 Å². The largest absolute Gasteiger partial charge is 0.486 e. The first-order valence-corrected chi connectivity index (χ1v) is 5.78. The second-order valence-corrected chi connectivity index (χ2v) is 4.01. The molecule has 1 aliphatic rings. The van der Waals surface area contributed by atoms with Crippen molar-refractivity contribution in [2.24, 2.45) is 0 Å². The first kappa shape index (κ1) is 11.7. The maximum Gasteiger partial charge on any atom is 0.161 e. The molecule has 0 aromatic heterocycles. The van der Waals surface area contributed by atoms with E-state index in [0.29, 0.717) is 26.2 Å². The van der Waals surface area contributed by atoms with E-state index in [0.717, 1.165) is 18.0 Å². The Bertz CT molecular complexity index is 438. The Kier molecular flexibility index (Phi) is 3.84. The van der Waals surface area contributed by atoms with Gasteiger partial charge in [-0.2, -0.15) is 5.26 Å². The molecule has 0 aliphatic carbocycles. The molecule has 0 fully saturated rings. The number of nitrogens with zero attached hydrogens (tertiary/aromatic N) is 1. The number of aryl methyl sites for hydroxylation is 1. The van der Waals surface area contributed by atoms with Gasteiger partial charge in [-0.05, 0) is 30.2 Å². The zero-order chi connectivity index (χ0) is 12.1. The summed E-state index contributed by atoms with van der Waals surface area (Å²) in [4.78, 5) is 0. The van der Waals surface area contributed by atoms with Crippen LogP contribution in [0, 0.1) is 18.3 Å². The molecule has 1 heterocycles. The van der Waals surface area contributed by atoms with Crippen molar-refractivity contribution in [1.29, 1.82) is 5.26 Å². The Labute approximate surface area is 101 Å². The van der Waals surface area contributed by atoms with Gasteiger partial charge in [-0.3, -0.25) is 0 Å². The lowest BCUT2D eigenvalue weighted by atomic mass is 10.1. The first-order chi connectivity index (χ1) is 8.31. The molecule has 2 rings (SSSR count). The minimum atomic E-state index is 0.531. The van der Waals surface area contributed by atoms with Gasteiger partial charge in [0.25, 0.3) is 0 Å². The molecule has 0 unspecified atom stereocenters. The Morgan fingerprint density at radius 1 is 1.29 bits per heavy atom. The Morgan fingerprint density at radius 3 is 2.71 bits per heavy atom. The van der Waals surface area contributed by atoms with Crippen LogP contribution in [0.15, 0.2) is 12.1 Å². The van der Waals surface area contributed by atoms with E-state index in [9.17, 15) is 0 Å². The molecule has 90 valence electrons. The molecule has 0 radical (unpaired) electrons. The van der Waals surface area contributed by atoms with Gasteiger partial charge in [0.05, 0.1) is 6.07 Å². The van der Waals surface area contributed by atoms with Crippen LogP contribution in [0.25, 0.3) is 0 Å². The van der Waals surface area contributed by atoms with Crippen molar-refractivity contribution < 1.29 is 9.47 Å². The van der Waals surface area contributed by atoms with Gasteiger partial charge in [-0.25, -0.2) is 0 Å². The van der Waals surface area contributed by atoms with Crippen molar-refractivity contribution in [3.63, 3.8) is 0 Å². The summed E-state index contributed by atoms with van der Waals surface area (Å²) in [5, 5.41) is 11.7. The highest BCUT2D eigenvalue weighted by Crippen LogP contribution is 2.32. The SMILES string of the molecule is Cc1cc2c(cc1CNCCC#N)OCCO2. The summed E-state index contributed by atoms with van der Waals surface area (Å²) < 4.78 is 11.1. The lowest BCUT2D eigenvalue weighted by Crippen LogP contribution is -2.18. The highest BCUT2D eigenvalue weighted by molar-refractivity contribution is 5.47. The van der Waals surface area contributed by atoms with Gasteiger partial charge in [0, 0.05) is 19.5 Å². The van der Waals surface area contributed by atoms with E-state index in [1.165, 1.54) is 11.1 Å².